The molecule has 0 aliphatic rings. The molecule has 0 fully saturated rings. The highest BCUT2D eigenvalue weighted by Gasteiger charge is 2.16. The molecule has 2 aromatic rings. The number of fused-ring (bicyclic) bond motifs is 1. The first-order chi connectivity index (χ1) is 8.41. The molecule has 0 radical (unpaired) electrons. The summed E-state index contributed by atoms with van der Waals surface area (Å²) >= 11 is 0. The van der Waals surface area contributed by atoms with Gasteiger partial charge in [0.25, 0.3) is 0 Å². The minimum atomic E-state index is -0.486. The van der Waals surface area contributed by atoms with Crippen LogP contribution in [0.3, 0.4) is 0 Å². The van der Waals surface area contributed by atoms with Gasteiger partial charge in [0.1, 0.15) is 11.9 Å². The molecule has 1 unspecified atom stereocenters. The van der Waals surface area contributed by atoms with Gasteiger partial charge in [-0.05, 0) is 29.5 Å². The highest BCUT2D eigenvalue weighted by molar-refractivity contribution is 5.76. The van der Waals surface area contributed by atoms with Crippen LogP contribution in [0.25, 0.3) is 11.0 Å². The standard InChI is InChI=1S/C15H22N2O/c1-5-6-13(18)14-16-11-8-7-10(15(2,3)4)9-12(11)17-14/h7-9,13,18H,5-6H2,1-4H3,(H,16,17). The number of imidazole rings is 1. The van der Waals surface area contributed by atoms with Crippen molar-refractivity contribution in [2.24, 2.45) is 0 Å². The fourth-order valence-electron chi connectivity index (χ4n) is 2.06. The maximum Gasteiger partial charge on any atom is 0.136 e. The second-order valence-electron chi connectivity index (χ2n) is 5.91. The van der Waals surface area contributed by atoms with Crippen LogP contribution < -0.4 is 0 Å². The zero-order valence-corrected chi connectivity index (χ0v) is 11.6. The Labute approximate surface area is 108 Å². The van der Waals surface area contributed by atoms with E-state index in [9.17, 15) is 5.11 Å². The van der Waals surface area contributed by atoms with Gasteiger partial charge in [-0.15, -0.1) is 0 Å². The maximum atomic E-state index is 9.96. The number of aromatic nitrogens is 2. The predicted molar refractivity (Wildman–Crippen MR) is 74.7 cm³/mol. The third-order valence-electron chi connectivity index (χ3n) is 3.24. The normalized spacial score (nSPS) is 14.1. The van der Waals surface area contributed by atoms with Gasteiger partial charge < -0.3 is 10.1 Å². The van der Waals surface area contributed by atoms with E-state index in [1.807, 2.05) is 6.07 Å². The van der Waals surface area contributed by atoms with Crippen molar-refractivity contribution >= 4 is 11.0 Å². The van der Waals surface area contributed by atoms with Crippen molar-refractivity contribution in [2.75, 3.05) is 0 Å². The summed E-state index contributed by atoms with van der Waals surface area (Å²) in [6.07, 6.45) is 1.21. The topological polar surface area (TPSA) is 48.9 Å². The van der Waals surface area contributed by atoms with Crippen LogP contribution in [0, 0.1) is 0 Å². The fourth-order valence-corrected chi connectivity index (χ4v) is 2.06. The molecule has 0 spiro atoms. The quantitative estimate of drug-likeness (QED) is 0.867. The van der Waals surface area contributed by atoms with Crippen molar-refractivity contribution in [3.8, 4) is 0 Å². The number of rotatable bonds is 3. The number of hydrogen-bond donors (Lipinski definition) is 2. The number of aliphatic hydroxyl groups excluding tert-OH is 1. The van der Waals surface area contributed by atoms with Crippen LogP contribution in [0.2, 0.25) is 0 Å². The molecular weight excluding hydrogens is 224 g/mol. The number of hydrogen-bond acceptors (Lipinski definition) is 2. The SMILES string of the molecule is CCCC(O)c1nc2ccc(C(C)(C)C)cc2[nH]1. The molecule has 18 heavy (non-hydrogen) atoms. The highest BCUT2D eigenvalue weighted by atomic mass is 16.3. The van der Waals surface area contributed by atoms with Crippen LogP contribution in [0.5, 0.6) is 0 Å². The Hall–Kier alpha value is -1.35. The number of H-pyrrole nitrogens is 1. The molecular formula is C15H22N2O. The summed E-state index contributed by atoms with van der Waals surface area (Å²) in [5.74, 6) is 0.679. The van der Waals surface area contributed by atoms with E-state index in [1.54, 1.807) is 0 Å². The average molecular weight is 246 g/mol. The van der Waals surface area contributed by atoms with Crippen LogP contribution in [0.15, 0.2) is 18.2 Å². The molecule has 1 heterocycles. The average Bonchev–Trinajstić information content (AvgIpc) is 2.70. The maximum absolute atomic E-state index is 9.96. The summed E-state index contributed by atoms with van der Waals surface area (Å²) in [5, 5.41) is 9.96. The monoisotopic (exact) mass is 246 g/mol. The minimum Gasteiger partial charge on any atom is -0.385 e. The Morgan fingerprint density at radius 1 is 1.33 bits per heavy atom. The van der Waals surface area contributed by atoms with Crippen LogP contribution in [-0.4, -0.2) is 15.1 Å². The lowest BCUT2D eigenvalue weighted by Crippen LogP contribution is -2.10. The molecule has 0 bridgehead atoms. The first-order valence-corrected chi connectivity index (χ1v) is 6.60. The zero-order chi connectivity index (χ0) is 13.3. The number of aromatic amines is 1. The van der Waals surface area contributed by atoms with Gasteiger partial charge in [0.05, 0.1) is 11.0 Å². The third-order valence-corrected chi connectivity index (χ3v) is 3.24. The zero-order valence-electron chi connectivity index (χ0n) is 11.6. The largest absolute Gasteiger partial charge is 0.385 e. The van der Waals surface area contributed by atoms with E-state index in [1.165, 1.54) is 5.56 Å². The van der Waals surface area contributed by atoms with Crippen molar-refractivity contribution < 1.29 is 5.11 Å². The fraction of sp³-hybridized carbons (Fsp3) is 0.533. The summed E-state index contributed by atoms with van der Waals surface area (Å²) in [6.45, 7) is 8.63. The molecule has 1 atom stereocenters. The summed E-state index contributed by atoms with van der Waals surface area (Å²) in [6, 6.07) is 6.26. The number of benzene rings is 1. The van der Waals surface area contributed by atoms with Gasteiger partial charge >= 0.3 is 0 Å². The molecule has 3 heteroatoms. The lowest BCUT2D eigenvalue weighted by atomic mass is 9.87. The lowest BCUT2D eigenvalue weighted by Gasteiger charge is -2.18. The van der Waals surface area contributed by atoms with Gasteiger partial charge in [-0.1, -0.05) is 40.2 Å². The van der Waals surface area contributed by atoms with Gasteiger partial charge in [-0.2, -0.15) is 0 Å². The molecule has 0 saturated carbocycles. The van der Waals surface area contributed by atoms with Gasteiger partial charge in [0, 0.05) is 0 Å². The summed E-state index contributed by atoms with van der Waals surface area (Å²) in [5.41, 5.74) is 3.33. The minimum absolute atomic E-state index is 0.126. The van der Waals surface area contributed by atoms with Gasteiger partial charge in [-0.3, -0.25) is 0 Å². The van der Waals surface area contributed by atoms with E-state index in [0.717, 1.165) is 23.9 Å². The Bertz CT molecular complexity index is 537. The van der Waals surface area contributed by atoms with E-state index in [4.69, 9.17) is 0 Å². The Morgan fingerprint density at radius 2 is 2.06 bits per heavy atom. The van der Waals surface area contributed by atoms with Crippen LogP contribution in [-0.2, 0) is 5.41 Å². The Kier molecular flexibility index (Phi) is 3.44. The van der Waals surface area contributed by atoms with Crippen molar-refractivity contribution in [2.45, 2.75) is 52.1 Å². The molecule has 0 saturated heterocycles. The molecule has 3 nitrogen and oxygen atoms in total. The van der Waals surface area contributed by atoms with Gasteiger partial charge in [0.15, 0.2) is 0 Å². The molecule has 2 N–H and O–H groups in total. The van der Waals surface area contributed by atoms with E-state index in [-0.39, 0.29) is 5.41 Å². The number of nitrogens with one attached hydrogen (secondary N) is 1. The summed E-state index contributed by atoms with van der Waals surface area (Å²) < 4.78 is 0. The Balaban J connectivity index is 2.40. The number of aliphatic hydroxyl groups is 1. The first-order valence-electron chi connectivity index (χ1n) is 6.60. The highest BCUT2D eigenvalue weighted by Crippen LogP contribution is 2.26. The Morgan fingerprint density at radius 3 is 2.67 bits per heavy atom. The van der Waals surface area contributed by atoms with Crippen molar-refractivity contribution in [3.05, 3.63) is 29.6 Å². The molecule has 1 aromatic heterocycles. The van der Waals surface area contributed by atoms with Crippen LogP contribution in [0.1, 0.15) is 58.0 Å². The van der Waals surface area contributed by atoms with Crippen molar-refractivity contribution in [1.82, 2.24) is 9.97 Å². The number of nitrogens with zero attached hydrogens (tertiary/aromatic N) is 1. The first kappa shape index (κ1) is 13.1. The molecule has 1 aromatic carbocycles. The molecule has 98 valence electrons. The summed E-state index contributed by atoms with van der Waals surface area (Å²) in [4.78, 5) is 7.68. The van der Waals surface area contributed by atoms with E-state index < -0.39 is 6.10 Å². The van der Waals surface area contributed by atoms with Crippen molar-refractivity contribution in [3.63, 3.8) is 0 Å². The summed E-state index contributed by atoms with van der Waals surface area (Å²) in [7, 11) is 0. The smallest absolute Gasteiger partial charge is 0.136 e. The van der Waals surface area contributed by atoms with Gasteiger partial charge in [-0.25, -0.2) is 4.98 Å². The van der Waals surface area contributed by atoms with E-state index >= 15 is 0 Å². The molecule has 0 amide bonds. The third kappa shape index (κ3) is 2.56. The molecule has 2 rings (SSSR count). The molecule has 0 aliphatic carbocycles. The molecule has 0 aliphatic heterocycles. The predicted octanol–water partition coefficient (Wildman–Crippen LogP) is 3.69. The van der Waals surface area contributed by atoms with E-state index in [0.29, 0.717) is 5.82 Å². The van der Waals surface area contributed by atoms with Gasteiger partial charge in [0.2, 0.25) is 0 Å². The second kappa shape index (κ2) is 4.73. The van der Waals surface area contributed by atoms with E-state index in [2.05, 4.69) is 49.8 Å². The van der Waals surface area contributed by atoms with Crippen LogP contribution in [0.4, 0.5) is 0 Å². The van der Waals surface area contributed by atoms with Crippen molar-refractivity contribution in [1.29, 1.82) is 0 Å². The second-order valence-corrected chi connectivity index (χ2v) is 5.91. The lowest BCUT2D eigenvalue weighted by molar-refractivity contribution is 0.158. The van der Waals surface area contributed by atoms with Crippen LogP contribution >= 0.6 is 0 Å².